The molecule has 0 aliphatic heterocycles. The molecular formula is C33H64BF4NO2. The van der Waals surface area contributed by atoms with E-state index in [4.69, 9.17) is 5.11 Å². The summed E-state index contributed by atoms with van der Waals surface area (Å²) in [5.41, 5.74) is 3.00. The molecule has 2 unspecified atom stereocenters. The van der Waals surface area contributed by atoms with E-state index in [1.54, 1.807) is 12.1 Å². The van der Waals surface area contributed by atoms with Gasteiger partial charge >= 0.3 is 13.5 Å². The molecule has 2 rings (SSSR count). The van der Waals surface area contributed by atoms with E-state index in [-0.39, 0.29) is 34.4 Å². The topological polar surface area (TPSA) is 37.3 Å². The summed E-state index contributed by atoms with van der Waals surface area (Å²) in [5, 5.41) is 8.67. The van der Waals surface area contributed by atoms with E-state index in [1.165, 1.54) is 48.2 Å². The summed E-state index contributed by atoms with van der Waals surface area (Å²) in [6.07, 6.45) is 2.30. The van der Waals surface area contributed by atoms with Crippen LogP contribution < -0.4 is 4.70 Å². The van der Waals surface area contributed by atoms with Crippen molar-refractivity contribution >= 4 is 13.5 Å². The first-order valence-electron chi connectivity index (χ1n) is 13.1. The van der Waals surface area contributed by atoms with Crippen molar-refractivity contribution in [3.63, 3.8) is 0 Å². The van der Waals surface area contributed by atoms with Crippen molar-refractivity contribution in [3.8, 4) is 0 Å². The van der Waals surface area contributed by atoms with Crippen LogP contribution >= 0.6 is 0 Å². The lowest BCUT2D eigenvalue weighted by Gasteiger charge is -2.34. The number of nitrogens with zero attached hydrogens (tertiary/aromatic N) is 1. The second kappa shape index (κ2) is 32.2. The van der Waals surface area contributed by atoms with Crippen LogP contribution in [0.15, 0.2) is 54.6 Å². The first-order chi connectivity index (χ1) is 17.0. The van der Waals surface area contributed by atoms with Gasteiger partial charge in [-0.05, 0) is 75.6 Å². The minimum absolute atomic E-state index is 0. The van der Waals surface area contributed by atoms with E-state index in [0.29, 0.717) is 17.4 Å². The van der Waals surface area contributed by atoms with Gasteiger partial charge in [0.1, 0.15) is 0 Å². The molecule has 3 nitrogen and oxygen atoms in total. The summed E-state index contributed by atoms with van der Waals surface area (Å²) in [6.45, 7) is 23.0. The van der Waals surface area contributed by atoms with Crippen molar-refractivity contribution in [2.24, 2.45) is 0 Å². The third-order valence-electron chi connectivity index (χ3n) is 7.00. The number of benzene rings is 2. The number of quaternary nitrogens is 1. The zero-order valence-electron chi connectivity index (χ0n) is 24.0. The summed E-state index contributed by atoms with van der Waals surface area (Å²) >= 11 is 0. The van der Waals surface area contributed by atoms with Gasteiger partial charge in [-0.15, -0.1) is 0 Å². The van der Waals surface area contributed by atoms with Crippen LogP contribution in [0.5, 0.6) is 0 Å². The average Bonchev–Trinajstić information content (AvgIpc) is 2.90. The molecule has 0 aromatic heterocycles. The number of aromatic carboxylic acids is 1. The summed E-state index contributed by atoms with van der Waals surface area (Å²) in [4.78, 5) is 10.6. The molecule has 1 N–H and O–H groups in total. The van der Waals surface area contributed by atoms with E-state index in [1.807, 2.05) is 12.1 Å². The maximum Gasteiger partial charge on any atom is 0.762 e. The van der Waals surface area contributed by atoms with Gasteiger partial charge in [-0.1, -0.05) is 99.9 Å². The van der Waals surface area contributed by atoms with Crippen LogP contribution in [0.2, 0.25) is 0 Å². The highest BCUT2D eigenvalue weighted by atomic mass is 19.4. The molecule has 8 heteroatoms. The average molecular weight is 594 g/mol. The van der Waals surface area contributed by atoms with Gasteiger partial charge in [0.25, 0.3) is 0 Å². The zero-order chi connectivity index (χ0) is 28.1. The van der Waals surface area contributed by atoms with E-state index in [0.717, 1.165) is 6.42 Å². The fourth-order valence-corrected chi connectivity index (χ4v) is 3.55. The van der Waals surface area contributed by atoms with Gasteiger partial charge < -0.3 is 14.3 Å². The second-order valence-electron chi connectivity index (χ2n) is 8.81. The Hall–Kier alpha value is -2.35. The predicted molar refractivity (Wildman–Crippen MR) is 176 cm³/mol. The van der Waals surface area contributed by atoms with Crippen LogP contribution in [0.25, 0.3) is 0 Å². The maximum absolute atomic E-state index is 10.6. The number of carbonyl (C=O) groups is 1. The molecule has 0 radical (unpaired) electrons. The molecule has 0 saturated carbocycles. The molecule has 0 spiro atoms. The largest absolute Gasteiger partial charge is 1.00 e. The Kier molecular flexibility index (Phi) is 42.9. The van der Waals surface area contributed by atoms with Gasteiger partial charge in [-0.2, -0.15) is 0 Å². The fourth-order valence-electron chi connectivity index (χ4n) is 3.55. The first-order valence-corrected chi connectivity index (χ1v) is 13.1. The number of rotatable bonds is 9. The van der Waals surface area contributed by atoms with Gasteiger partial charge in [0.05, 0.1) is 31.7 Å². The fraction of sp³-hybridized carbons (Fsp3) is 0.606. The normalized spacial score (nSPS) is 10.4. The lowest BCUT2D eigenvalue weighted by Crippen LogP contribution is -3.00. The first kappa shape index (κ1) is 54.7. The molecule has 2 aromatic rings. The standard InChI is InChI=1S/C11H14O2.C10H14.C8H20N.4CH4.BF3.FH/c1-3-8(2)9-4-6-10(7-5-9)11(12)13;1-3-9(2)10-7-5-4-6-8-10;1-5-9(6-2,7-3)8-4;;;;;2-1(3)4;/h4-8H,3H2,1-2H3,(H,12,13);4-9H,3H2,1-2H3;5-8H2,1-4H3;4*1H4;;1H/q;;+1;;;;;;/p-1. The minimum atomic E-state index is -3.67. The Bertz CT molecular complexity index is 769. The minimum Gasteiger partial charge on any atom is -1.00 e. The molecule has 0 amide bonds. The molecule has 2 atom stereocenters. The Balaban J connectivity index is -0.0000000760. The summed E-state index contributed by atoms with van der Waals surface area (Å²) in [5.74, 6) is 0.347. The third kappa shape index (κ3) is 25.1. The Morgan fingerprint density at radius 1 is 0.683 bits per heavy atom. The van der Waals surface area contributed by atoms with Crippen LogP contribution in [0.3, 0.4) is 0 Å². The molecule has 0 fully saturated rings. The number of carboxylic acids is 1. The lowest BCUT2D eigenvalue weighted by atomic mass is 9.98. The molecule has 0 aliphatic rings. The second-order valence-corrected chi connectivity index (χ2v) is 8.81. The highest BCUT2D eigenvalue weighted by Crippen LogP contribution is 2.19. The Labute approximate surface area is 252 Å². The maximum atomic E-state index is 10.6. The highest BCUT2D eigenvalue weighted by molar-refractivity contribution is 6.33. The van der Waals surface area contributed by atoms with Gasteiger partial charge in [0.2, 0.25) is 0 Å². The molecular weight excluding hydrogens is 529 g/mol. The third-order valence-corrected chi connectivity index (χ3v) is 7.00. The van der Waals surface area contributed by atoms with Crippen LogP contribution in [0.1, 0.15) is 131 Å². The van der Waals surface area contributed by atoms with Crippen molar-refractivity contribution in [3.05, 3.63) is 71.3 Å². The number of hydrogen-bond donors (Lipinski definition) is 1. The Morgan fingerprint density at radius 2 is 0.976 bits per heavy atom. The van der Waals surface area contributed by atoms with E-state index in [9.17, 15) is 17.7 Å². The van der Waals surface area contributed by atoms with Gasteiger partial charge in [-0.3, -0.25) is 12.9 Å². The van der Waals surface area contributed by atoms with E-state index < -0.39 is 13.5 Å². The van der Waals surface area contributed by atoms with Crippen molar-refractivity contribution in [1.29, 1.82) is 0 Å². The van der Waals surface area contributed by atoms with Crippen molar-refractivity contribution in [2.45, 2.75) is 110 Å². The molecule has 244 valence electrons. The zero-order valence-corrected chi connectivity index (χ0v) is 24.0. The summed E-state index contributed by atoms with van der Waals surface area (Å²) in [7, 11) is -3.67. The molecule has 2 aromatic carbocycles. The Morgan fingerprint density at radius 3 is 1.20 bits per heavy atom. The summed E-state index contributed by atoms with van der Waals surface area (Å²) in [6, 6.07) is 17.7. The van der Waals surface area contributed by atoms with Crippen molar-refractivity contribution in [1.82, 2.24) is 0 Å². The van der Waals surface area contributed by atoms with Crippen molar-refractivity contribution in [2.75, 3.05) is 26.2 Å². The SMILES string of the molecule is C.C.C.C.CCC(C)c1ccc(C(=O)O)cc1.CCC(C)c1ccccc1.CC[N+](CC)(CC)CC.FB(F)F.[F-]. The highest BCUT2D eigenvalue weighted by Gasteiger charge is 2.16. The molecule has 0 saturated heterocycles. The summed E-state index contributed by atoms with van der Waals surface area (Å²) < 4.78 is 30.3. The molecule has 0 aliphatic carbocycles. The van der Waals surface area contributed by atoms with Crippen LogP contribution in [0.4, 0.5) is 12.9 Å². The van der Waals surface area contributed by atoms with Gasteiger partial charge in [-0.25, -0.2) is 4.79 Å². The molecule has 0 heterocycles. The number of hydrogen-bond acceptors (Lipinski definition) is 1. The lowest BCUT2D eigenvalue weighted by molar-refractivity contribution is -0.921. The number of halogens is 4. The smallest absolute Gasteiger partial charge is 0.762 e. The predicted octanol–water partition coefficient (Wildman–Crippen LogP) is 8.41. The number of carboxylic acid groups (broad SMARTS) is 1. The quantitative estimate of drug-likeness (QED) is 0.180. The van der Waals surface area contributed by atoms with Gasteiger partial charge in [0, 0.05) is 0 Å². The van der Waals surface area contributed by atoms with E-state index in [2.05, 4.69) is 85.7 Å². The van der Waals surface area contributed by atoms with Crippen LogP contribution in [-0.4, -0.2) is 49.3 Å². The molecule has 0 bridgehead atoms. The monoisotopic (exact) mass is 593 g/mol. The van der Waals surface area contributed by atoms with Crippen LogP contribution in [0, 0.1) is 0 Å². The van der Waals surface area contributed by atoms with Crippen molar-refractivity contribution < 1.29 is 32.0 Å². The van der Waals surface area contributed by atoms with Crippen LogP contribution in [-0.2, 0) is 0 Å². The van der Waals surface area contributed by atoms with Gasteiger partial charge in [0.15, 0.2) is 0 Å². The van der Waals surface area contributed by atoms with E-state index >= 15 is 0 Å². The molecule has 41 heavy (non-hydrogen) atoms.